The van der Waals surface area contributed by atoms with Crippen molar-refractivity contribution >= 4 is 0 Å². The first-order valence-electron chi connectivity index (χ1n) is 6.93. The summed E-state index contributed by atoms with van der Waals surface area (Å²) in [6, 6.07) is 0. The van der Waals surface area contributed by atoms with Gasteiger partial charge in [0, 0.05) is 6.54 Å². The lowest BCUT2D eigenvalue weighted by Crippen LogP contribution is -2.27. The average molecular weight is 235 g/mol. The molecule has 0 atom stereocenters. The number of allylic oxidation sites excluding steroid dienone is 3. The summed E-state index contributed by atoms with van der Waals surface area (Å²) in [6.07, 6.45) is 12.1. The molecule has 0 aromatic carbocycles. The lowest BCUT2D eigenvalue weighted by Gasteiger charge is -2.21. The van der Waals surface area contributed by atoms with Crippen LogP contribution in [-0.2, 0) is 0 Å². The maximum absolute atomic E-state index is 4.06. The van der Waals surface area contributed by atoms with Crippen LogP contribution in [0.5, 0.6) is 0 Å². The van der Waals surface area contributed by atoms with E-state index in [4.69, 9.17) is 0 Å². The Bertz CT molecular complexity index is 220. The summed E-state index contributed by atoms with van der Waals surface area (Å²) < 4.78 is 0. The molecule has 0 aromatic heterocycles. The number of hydrogen-bond donors (Lipinski definition) is 0. The maximum Gasteiger partial charge on any atom is 0.00216 e. The van der Waals surface area contributed by atoms with Gasteiger partial charge in [0.05, 0.1) is 0 Å². The summed E-state index contributed by atoms with van der Waals surface area (Å²) >= 11 is 0. The van der Waals surface area contributed by atoms with E-state index in [1.54, 1.807) is 6.08 Å². The smallest absolute Gasteiger partial charge is 0.00216 e. The monoisotopic (exact) mass is 235 g/mol. The molecule has 0 aromatic rings. The predicted molar refractivity (Wildman–Crippen MR) is 79.4 cm³/mol. The molecule has 0 spiro atoms. The van der Waals surface area contributed by atoms with Crippen molar-refractivity contribution in [2.75, 3.05) is 19.6 Å². The molecule has 0 bridgehead atoms. The van der Waals surface area contributed by atoms with Crippen LogP contribution in [0.3, 0.4) is 0 Å². The number of nitrogens with zero attached hydrogens (tertiary/aromatic N) is 1. The van der Waals surface area contributed by atoms with Crippen molar-refractivity contribution < 1.29 is 0 Å². The molecule has 0 saturated heterocycles. The van der Waals surface area contributed by atoms with Crippen LogP contribution in [0.2, 0.25) is 0 Å². The molecule has 1 heteroatoms. The van der Waals surface area contributed by atoms with Crippen molar-refractivity contribution in [2.45, 2.75) is 46.0 Å². The Labute approximate surface area is 108 Å². The first kappa shape index (κ1) is 16.2. The van der Waals surface area contributed by atoms with Crippen LogP contribution in [0.1, 0.15) is 46.0 Å². The summed E-state index contributed by atoms with van der Waals surface area (Å²) in [5, 5.41) is 0. The Balaban J connectivity index is 3.91. The van der Waals surface area contributed by atoms with Crippen LogP contribution in [0.4, 0.5) is 0 Å². The highest BCUT2D eigenvalue weighted by molar-refractivity contribution is 5.18. The van der Waals surface area contributed by atoms with Crippen molar-refractivity contribution in [3.63, 3.8) is 0 Å². The van der Waals surface area contributed by atoms with Crippen LogP contribution >= 0.6 is 0 Å². The number of rotatable bonds is 11. The van der Waals surface area contributed by atoms with Crippen LogP contribution < -0.4 is 0 Å². The molecule has 17 heavy (non-hydrogen) atoms. The quantitative estimate of drug-likeness (QED) is 0.474. The Morgan fingerprint density at radius 3 is 2.12 bits per heavy atom. The van der Waals surface area contributed by atoms with E-state index < -0.39 is 0 Å². The molecule has 1 nitrogen and oxygen atoms in total. The van der Waals surface area contributed by atoms with E-state index in [1.165, 1.54) is 44.3 Å². The van der Waals surface area contributed by atoms with Gasteiger partial charge in [0.15, 0.2) is 0 Å². The van der Waals surface area contributed by atoms with Crippen molar-refractivity contribution in [1.29, 1.82) is 0 Å². The molecule has 0 aliphatic carbocycles. The predicted octanol–water partition coefficient (Wildman–Crippen LogP) is 4.58. The standard InChI is InChI=1S/C16H29N/c1-5-8-11-16(4)12-15-17(13-9-6-2)14-10-7-3/h5,8,11H,1,4,6-7,9-10,12-15H2,2-3H3. The van der Waals surface area contributed by atoms with E-state index in [2.05, 4.69) is 38.0 Å². The van der Waals surface area contributed by atoms with Gasteiger partial charge >= 0.3 is 0 Å². The SMILES string of the molecule is C=CC=CC(=C)CCN(CCCC)CCCC. The third-order valence-corrected chi connectivity index (χ3v) is 2.87. The lowest BCUT2D eigenvalue weighted by molar-refractivity contribution is 0.269. The Morgan fingerprint density at radius 2 is 1.65 bits per heavy atom. The fraction of sp³-hybridized carbons (Fsp3) is 0.625. The van der Waals surface area contributed by atoms with Crippen molar-refractivity contribution in [2.24, 2.45) is 0 Å². The normalized spacial score (nSPS) is 11.2. The fourth-order valence-electron chi connectivity index (χ4n) is 1.69. The average Bonchev–Trinajstić information content (AvgIpc) is 2.35. The van der Waals surface area contributed by atoms with Crippen LogP contribution in [0.25, 0.3) is 0 Å². The highest BCUT2D eigenvalue weighted by Gasteiger charge is 2.03. The highest BCUT2D eigenvalue weighted by Crippen LogP contribution is 2.05. The van der Waals surface area contributed by atoms with E-state index in [1.807, 2.05) is 6.08 Å². The van der Waals surface area contributed by atoms with Gasteiger partial charge in [-0.25, -0.2) is 0 Å². The van der Waals surface area contributed by atoms with Gasteiger partial charge in [-0.2, -0.15) is 0 Å². The summed E-state index contributed by atoms with van der Waals surface area (Å²) in [4.78, 5) is 2.57. The van der Waals surface area contributed by atoms with Gasteiger partial charge in [-0.1, -0.05) is 63.6 Å². The van der Waals surface area contributed by atoms with Gasteiger partial charge < -0.3 is 4.90 Å². The van der Waals surface area contributed by atoms with E-state index in [0.717, 1.165) is 13.0 Å². The molecule has 98 valence electrons. The molecule has 0 saturated carbocycles. The second-order valence-electron chi connectivity index (χ2n) is 4.55. The minimum atomic E-state index is 1.07. The fourth-order valence-corrected chi connectivity index (χ4v) is 1.69. The van der Waals surface area contributed by atoms with Crippen LogP contribution in [0.15, 0.2) is 37.0 Å². The minimum Gasteiger partial charge on any atom is -0.303 e. The summed E-state index contributed by atoms with van der Waals surface area (Å²) in [6.45, 7) is 15.8. The van der Waals surface area contributed by atoms with Gasteiger partial charge in [-0.3, -0.25) is 0 Å². The summed E-state index contributed by atoms with van der Waals surface area (Å²) in [5.74, 6) is 0. The molecule has 0 amide bonds. The Morgan fingerprint density at radius 1 is 1.06 bits per heavy atom. The second-order valence-corrected chi connectivity index (χ2v) is 4.55. The van der Waals surface area contributed by atoms with Crippen LogP contribution in [-0.4, -0.2) is 24.5 Å². The molecular weight excluding hydrogens is 206 g/mol. The minimum absolute atomic E-state index is 1.07. The third-order valence-electron chi connectivity index (χ3n) is 2.87. The zero-order chi connectivity index (χ0) is 12.9. The van der Waals surface area contributed by atoms with Crippen LogP contribution in [0, 0.1) is 0 Å². The topological polar surface area (TPSA) is 3.24 Å². The second kappa shape index (κ2) is 11.7. The Kier molecular flexibility index (Phi) is 11.1. The summed E-state index contributed by atoms with van der Waals surface area (Å²) in [7, 11) is 0. The number of hydrogen-bond acceptors (Lipinski definition) is 1. The van der Waals surface area contributed by atoms with Gasteiger partial charge in [-0.05, 0) is 32.4 Å². The van der Waals surface area contributed by atoms with E-state index in [0.29, 0.717) is 0 Å². The first-order chi connectivity index (χ1) is 8.24. The Hall–Kier alpha value is -0.820. The van der Waals surface area contributed by atoms with E-state index >= 15 is 0 Å². The summed E-state index contributed by atoms with van der Waals surface area (Å²) in [5.41, 5.74) is 1.20. The van der Waals surface area contributed by atoms with Gasteiger partial charge in [-0.15, -0.1) is 0 Å². The maximum atomic E-state index is 4.06. The molecule has 0 N–H and O–H groups in total. The van der Waals surface area contributed by atoms with Gasteiger partial charge in [0.2, 0.25) is 0 Å². The van der Waals surface area contributed by atoms with Crippen molar-refractivity contribution in [3.05, 3.63) is 37.0 Å². The molecule has 0 radical (unpaired) electrons. The zero-order valence-electron chi connectivity index (χ0n) is 11.8. The number of unbranched alkanes of at least 4 members (excludes halogenated alkanes) is 2. The van der Waals surface area contributed by atoms with E-state index in [-0.39, 0.29) is 0 Å². The van der Waals surface area contributed by atoms with Crippen molar-refractivity contribution in [1.82, 2.24) is 4.90 Å². The molecule has 0 fully saturated rings. The molecule has 0 unspecified atom stereocenters. The lowest BCUT2D eigenvalue weighted by atomic mass is 10.1. The van der Waals surface area contributed by atoms with Gasteiger partial charge in [0.25, 0.3) is 0 Å². The molecule has 0 rings (SSSR count). The molecule has 0 heterocycles. The largest absolute Gasteiger partial charge is 0.303 e. The molecule has 0 aliphatic heterocycles. The van der Waals surface area contributed by atoms with E-state index in [9.17, 15) is 0 Å². The first-order valence-corrected chi connectivity index (χ1v) is 6.93. The van der Waals surface area contributed by atoms with Gasteiger partial charge in [0.1, 0.15) is 0 Å². The highest BCUT2D eigenvalue weighted by atomic mass is 15.1. The van der Waals surface area contributed by atoms with Crippen molar-refractivity contribution in [3.8, 4) is 0 Å². The third kappa shape index (κ3) is 10.1. The molecular formula is C16H29N. The zero-order valence-corrected chi connectivity index (χ0v) is 11.8. The molecule has 0 aliphatic rings.